The van der Waals surface area contributed by atoms with Crippen molar-refractivity contribution in [1.82, 2.24) is 4.90 Å². The van der Waals surface area contributed by atoms with E-state index in [0.29, 0.717) is 19.4 Å². The minimum absolute atomic E-state index is 0.0270. The number of hydrogen-bond acceptors (Lipinski definition) is 8. The number of carbonyl (C=O) groups excluding carboxylic acids is 1. The smallest absolute Gasteiger partial charge is 0.331 e. The molecule has 5 saturated carbocycles. The summed E-state index contributed by atoms with van der Waals surface area (Å²) in [6, 6.07) is 9.69. The van der Waals surface area contributed by atoms with Crippen molar-refractivity contribution < 1.29 is 34.0 Å². The number of carbonyl (C=O) groups is 1. The average Bonchev–Trinajstić information content (AvgIpc) is 3.38. The van der Waals surface area contributed by atoms with Crippen LogP contribution in [0.3, 0.4) is 0 Å². The molecular weight excluding hydrogens is 522 g/mol. The minimum Gasteiger partial charge on any atom is -0.455 e. The van der Waals surface area contributed by atoms with Gasteiger partial charge in [-0.15, -0.1) is 0 Å². The van der Waals surface area contributed by atoms with Crippen LogP contribution in [0.4, 0.5) is 0 Å². The summed E-state index contributed by atoms with van der Waals surface area (Å²) in [6.07, 6.45) is 4.44. The van der Waals surface area contributed by atoms with Crippen LogP contribution in [-0.4, -0.2) is 98.2 Å². The van der Waals surface area contributed by atoms with Gasteiger partial charge in [-0.2, -0.15) is 0 Å². The number of nitrogens with zero attached hydrogens (tertiary/aromatic N) is 1. The number of aliphatic hydroxyl groups excluding tert-OH is 2. The lowest BCUT2D eigenvalue weighted by atomic mass is 9.43. The number of fused-ring (bicyclic) bond motifs is 2. The van der Waals surface area contributed by atoms with Crippen molar-refractivity contribution in [3.8, 4) is 0 Å². The number of ether oxygens (including phenoxy) is 4. The van der Waals surface area contributed by atoms with Crippen molar-refractivity contribution in [3.63, 3.8) is 0 Å². The van der Waals surface area contributed by atoms with Crippen LogP contribution in [0.1, 0.15) is 38.2 Å². The molecule has 8 heteroatoms. The topological polar surface area (TPSA) is 97.7 Å². The van der Waals surface area contributed by atoms with Crippen LogP contribution in [-0.2, 0) is 23.7 Å². The molecule has 1 heterocycles. The van der Waals surface area contributed by atoms with Crippen molar-refractivity contribution in [2.45, 2.75) is 68.7 Å². The number of hydrogen-bond donors (Lipinski definition) is 2. The zero-order chi connectivity index (χ0) is 28.7. The van der Waals surface area contributed by atoms with Crippen LogP contribution >= 0.6 is 0 Å². The third-order valence-corrected chi connectivity index (χ3v) is 12.6. The summed E-state index contributed by atoms with van der Waals surface area (Å²) in [5, 5.41) is 24.2. The number of rotatable bonds is 8. The molecule has 5 aliphatic carbocycles. The Balaban J connectivity index is 1.41. The first kappa shape index (κ1) is 28.0. The molecule has 41 heavy (non-hydrogen) atoms. The fraction of sp³-hybridized carbons (Fsp3) is 0.727. The van der Waals surface area contributed by atoms with Crippen LogP contribution in [0.15, 0.2) is 36.4 Å². The first-order valence-electron chi connectivity index (χ1n) is 15.4. The first-order valence-corrected chi connectivity index (χ1v) is 15.4. The van der Waals surface area contributed by atoms with Crippen LogP contribution in [0.2, 0.25) is 0 Å². The molecule has 0 aromatic heterocycles. The van der Waals surface area contributed by atoms with E-state index >= 15 is 0 Å². The highest BCUT2D eigenvalue weighted by Crippen LogP contribution is 2.79. The molecule has 7 rings (SSSR count). The van der Waals surface area contributed by atoms with Crippen LogP contribution in [0.5, 0.6) is 0 Å². The van der Waals surface area contributed by atoms with Gasteiger partial charge in [0.05, 0.1) is 31.0 Å². The van der Waals surface area contributed by atoms with E-state index < -0.39 is 29.2 Å². The number of piperidine rings is 1. The van der Waals surface area contributed by atoms with Gasteiger partial charge in [0.25, 0.3) is 0 Å². The predicted molar refractivity (Wildman–Crippen MR) is 152 cm³/mol. The maximum Gasteiger partial charge on any atom is 0.331 e. The first-order chi connectivity index (χ1) is 19.8. The van der Waals surface area contributed by atoms with Gasteiger partial charge in [-0.1, -0.05) is 37.3 Å². The van der Waals surface area contributed by atoms with Crippen molar-refractivity contribution in [2.75, 3.05) is 41.0 Å². The fourth-order valence-corrected chi connectivity index (χ4v) is 11.8. The van der Waals surface area contributed by atoms with E-state index in [0.717, 1.165) is 31.5 Å². The second-order valence-electron chi connectivity index (χ2n) is 13.7. The summed E-state index contributed by atoms with van der Waals surface area (Å²) < 4.78 is 25.3. The van der Waals surface area contributed by atoms with E-state index in [4.69, 9.17) is 18.9 Å². The molecule has 6 fully saturated rings. The monoisotopic (exact) mass is 567 g/mol. The number of benzene rings is 1. The fourth-order valence-electron chi connectivity index (χ4n) is 11.8. The zero-order valence-corrected chi connectivity index (χ0v) is 24.6. The number of likely N-dealkylation sites (tertiary alicyclic amines) is 1. The molecule has 13 unspecified atom stereocenters. The van der Waals surface area contributed by atoms with Gasteiger partial charge in [0.2, 0.25) is 0 Å². The highest BCUT2D eigenvalue weighted by atomic mass is 16.6. The average molecular weight is 568 g/mol. The van der Waals surface area contributed by atoms with E-state index in [-0.39, 0.29) is 53.3 Å². The van der Waals surface area contributed by atoms with E-state index in [2.05, 4.69) is 11.8 Å². The molecule has 224 valence electrons. The van der Waals surface area contributed by atoms with Crippen LogP contribution in [0.25, 0.3) is 6.08 Å². The third kappa shape index (κ3) is 3.46. The number of esters is 1. The predicted octanol–water partition coefficient (Wildman–Crippen LogP) is 2.77. The Morgan fingerprint density at radius 3 is 2.59 bits per heavy atom. The van der Waals surface area contributed by atoms with Gasteiger partial charge in [0.15, 0.2) is 0 Å². The van der Waals surface area contributed by atoms with Crippen LogP contribution < -0.4 is 0 Å². The Morgan fingerprint density at radius 1 is 1.12 bits per heavy atom. The van der Waals surface area contributed by atoms with E-state index in [1.807, 2.05) is 30.3 Å². The minimum atomic E-state index is -0.986. The quantitative estimate of drug-likeness (QED) is 0.366. The van der Waals surface area contributed by atoms with Gasteiger partial charge < -0.3 is 29.2 Å². The summed E-state index contributed by atoms with van der Waals surface area (Å²) in [4.78, 5) is 16.3. The molecule has 8 nitrogen and oxygen atoms in total. The lowest BCUT2D eigenvalue weighted by Crippen LogP contribution is -2.76. The van der Waals surface area contributed by atoms with Gasteiger partial charge in [-0.25, -0.2) is 4.79 Å². The van der Waals surface area contributed by atoms with Gasteiger partial charge in [-0.3, -0.25) is 4.90 Å². The van der Waals surface area contributed by atoms with E-state index in [1.165, 1.54) is 6.08 Å². The summed E-state index contributed by atoms with van der Waals surface area (Å²) in [5.74, 6) is -0.962. The standard InChI is InChI=1S/C33H45NO7/c1-5-34-17-31(18-38-2)14-13-23(35)33-21-15-20-22(39-3)16-32(25(21)27(20)37,26(30(33)34)28(40-4)29(31)33)41-24(36)12-11-19-9-7-6-8-10-19/h6-12,20-23,25-30,35,37H,5,13-18H2,1-4H3. The Kier molecular flexibility index (Phi) is 6.73. The normalized spacial score (nSPS) is 49.4. The largest absolute Gasteiger partial charge is 0.455 e. The molecule has 0 radical (unpaired) electrons. The van der Waals surface area contributed by atoms with E-state index in [9.17, 15) is 15.0 Å². The molecule has 7 bridgehead atoms. The highest BCUT2D eigenvalue weighted by Gasteiger charge is 2.87. The Bertz CT molecular complexity index is 1190. The lowest BCUT2D eigenvalue weighted by Gasteiger charge is -2.69. The zero-order valence-electron chi connectivity index (χ0n) is 24.6. The summed E-state index contributed by atoms with van der Waals surface area (Å²) in [5.41, 5.74) is -0.727. The van der Waals surface area contributed by atoms with Crippen molar-refractivity contribution in [3.05, 3.63) is 42.0 Å². The molecule has 2 N–H and O–H groups in total. The van der Waals surface area contributed by atoms with Gasteiger partial charge in [-0.05, 0) is 43.4 Å². The van der Waals surface area contributed by atoms with Crippen molar-refractivity contribution in [2.24, 2.45) is 40.4 Å². The SMILES string of the molecule is CCN1CC2(COC)CCC(O)C34C5CC6C(OC)CC(OC(=O)C=Cc7ccccc7)(C5C6O)C(C(OC)C23)C14. The van der Waals surface area contributed by atoms with Gasteiger partial charge in [0, 0.05) is 80.9 Å². The van der Waals surface area contributed by atoms with Gasteiger partial charge in [0.1, 0.15) is 5.60 Å². The second kappa shape index (κ2) is 9.86. The summed E-state index contributed by atoms with van der Waals surface area (Å²) in [6.45, 7) is 4.47. The molecule has 13 atom stereocenters. The Labute approximate surface area is 243 Å². The lowest BCUT2D eigenvalue weighted by molar-refractivity contribution is -0.276. The molecule has 1 aromatic carbocycles. The van der Waals surface area contributed by atoms with Crippen molar-refractivity contribution >= 4 is 12.0 Å². The van der Waals surface area contributed by atoms with Crippen molar-refractivity contribution in [1.29, 1.82) is 0 Å². The molecular formula is C33H45NO7. The van der Waals surface area contributed by atoms with E-state index in [1.54, 1.807) is 27.4 Å². The molecule has 6 aliphatic rings. The Hall–Kier alpha value is -1.81. The Morgan fingerprint density at radius 2 is 1.90 bits per heavy atom. The molecule has 1 aliphatic heterocycles. The van der Waals surface area contributed by atoms with Crippen LogP contribution in [0, 0.1) is 40.4 Å². The summed E-state index contributed by atoms with van der Waals surface area (Å²) >= 11 is 0. The number of aliphatic hydroxyl groups is 2. The highest BCUT2D eigenvalue weighted by molar-refractivity contribution is 5.87. The van der Waals surface area contributed by atoms with Gasteiger partial charge >= 0.3 is 5.97 Å². The molecule has 1 spiro atoms. The third-order valence-electron chi connectivity index (χ3n) is 12.6. The molecule has 1 saturated heterocycles. The maximum absolute atomic E-state index is 13.8. The molecule has 0 amide bonds. The number of methoxy groups -OCH3 is 3. The maximum atomic E-state index is 13.8. The second-order valence-corrected chi connectivity index (χ2v) is 13.7. The summed E-state index contributed by atoms with van der Waals surface area (Å²) in [7, 11) is 5.24. The molecule has 1 aromatic rings.